The van der Waals surface area contributed by atoms with Crippen molar-refractivity contribution < 1.29 is 0 Å². The second-order valence-corrected chi connectivity index (χ2v) is 5.32. The molecule has 0 radical (unpaired) electrons. The van der Waals surface area contributed by atoms with Gasteiger partial charge in [-0.3, -0.25) is 0 Å². The van der Waals surface area contributed by atoms with E-state index in [0.29, 0.717) is 0 Å². The first-order valence-electron chi connectivity index (χ1n) is 5.23. The zero-order valence-electron chi connectivity index (χ0n) is 9.11. The largest absolute Gasteiger partial charge is 0.334 e. The van der Waals surface area contributed by atoms with E-state index in [0.717, 1.165) is 19.6 Å². The van der Waals surface area contributed by atoms with Crippen molar-refractivity contribution in [1.82, 2.24) is 14.9 Å². The van der Waals surface area contributed by atoms with Gasteiger partial charge in [-0.05, 0) is 34.3 Å². The number of hydrogen-bond acceptors (Lipinski definition) is 3. The minimum Gasteiger partial charge on any atom is -0.334 e. The van der Waals surface area contributed by atoms with E-state index in [1.165, 1.54) is 15.0 Å². The molecule has 86 valence electrons. The third kappa shape index (κ3) is 2.72. The van der Waals surface area contributed by atoms with Crippen molar-refractivity contribution in [1.29, 1.82) is 0 Å². The van der Waals surface area contributed by atoms with Crippen LogP contribution < -0.4 is 5.32 Å². The molecular weight excluding hydrogens is 286 g/mol. The molecule has 0 atom stereocenters. The van der Waals surface area contributed by atoms with Gasteiger partial charge < -0.3 is 9.88 Å². The Morgan fingerprint density at radius 3 is 3.06 bits per heavy atom. The van der Waals surface area contributed by atoms with Crippen molar-refractivity contribution in [3.8, 4) is 0 Å². The van der Waals surface area contributed by atoms with Crippen LogP contribution in [0.5, 0.6) is 0 Å². The van der Waals surface area contributed by atoms with Crippen LogP contribution in [-0.2, 0) is 19.6 Å². The quantitative estimate of drug-likeness (QED) is 0.920. The number of rotatable bonds is 5. The number of imidazole rings is 1. The summed E-state index contributed by atoms with van der Waals surface area (Å²) in [6.45, 7) is 4.85. The van der Waals surface area contributed by atoms with Gasteiger partial charge >= 0.3 is 0 Å². The van der Waals surface area contributed by atoms with Crippen molar-refractivity contribution in [2.45, 2.75) is 26.6 Å². The summed E-state index contributed by atoms with van der Waals surface area (Å²) in [6.07, 6.45) is 3.79. The van der Waals surface area contributed by atoms with Crippen molar-refractivity contribution in [2.75, 3.05) is 0 Å². The van der Waals surface area contributed by atoms with Crippen LogP contribution in [0.3, 0.4) is 0 Å². The Bertz CT molecular complexity index is 450. The van der Waals surface area contributed by atoms with Gasteiger partial charge in [-0.1, -0.05) is 0 Å². The van der Waals surface area contributed by atoms with Gasteiger partial charge in [0.1, 0.15) is 0 Å². The topological polar surface area (TPSA) is 29.9 Å². The Kier molecular flexibility index (Phi) is 4.15. The van der Waals surface area contributed by atoms with Crippen LogP contribution in [0.1, 0.15) is 17.5 Å². The second kappa shape index (κ2) is 5.61. The van der Waals surface area contributed by atoms with Crippen LogP contribution >= 0.6 is 27.3 Å². The molecule has 2 rings (SSSR count). The fourth-order valence-corrected chi connectivity index (χ4v) is 3.00. The predicted molar refractivity (Wildman–Crippen MR) is 70.5 cm³/mol. The van der Waals surface area contributed by atoms with E-state index in [1.807, 2.05) is 12.5 Å². The highest BCUT2D eigenvalue weighted by Crippen LogP contribution is 2.22. The minimum atomic E-state index is 0.859. The standard InChI is InChI=1S/C11H14BrN3S/c1-2-15-8-14-6-9(15)5-13-7-11-10(12)3-4-16-11/h3-4,6,8,13H,2,5,7H2,1H3. The van der Waals surface area contributed by atoms with Crippen molar-refractivity contribution >= 4 is 27.3 Å². The Morgan fingerprint density at radius 2 is 2.38 bits per heavy atom. The van der Waals surface area contributed by atoms with Crippen LogP contribution in [0.2, 0.25) is 0 Å². The summed E-state index contributed by atoms with van der Waals surface area (Å²) in [5.41, 5.74) is 1.23. The molecule has 2 heterocycles. The number of aryl methyl sites for hydroxylation is 1. The Labute approximate surface area is 108 Å². The van der Waals surface area contributed by atoms with E-state index in [1.54, 1.807) is 11.3 Å². The maximum absolute atomic E-state index is 4.14. The van der Waals surface area contributed by atoms with E-state index in [-0.39, 0.29) is 0 Å². The molecule has 2 aromatic rings. The van der Waals surface area contributed by atoms with Gasteiger partial charge in [0.25, 0.3) is 0 Å². The van der Waals surface area contributed by atoms with Gasteiger partial charge in [-0.2, -0.15) is 0 Å². The van der Waals surface area contributed by atoms with Crippen LogP contribution in [0.25, 0.3) is 0 Å². The molecule has 16 heavy (non-hydrogen) atoms. The third-order valence-electron chi connectivity index (χ3n) is 2.42. The average molecular weight is 300 g/mol. The average Bonchev–Trinajstić information content (AvgIpc) is 2.88. The highest BCUT2D eigenvalue weighted by molar-refractivity contribution is 9.10. The summed E-state index contributed by atoms with van der Waals surface area (Å²) in [5, 5.41) is 5.52. The van der Waals surface area contributed by atoms with Crippen LogP contribution in [0.15, 0.2) is 28.4 Å². The van der Waals surface area contributed by atoms with Gasteiger partial charge in [-0.25, -0.2) is 4.98 Å². The lowest BCUT2D eigenvalue weighted by Gasteiger charge is -2.06. The van der Waals surface area contributed by atoms with Gasteiger partial charge in [0.05, 0.1) is 12.0 Å². The first-order chi connectivity index (χ1) is 7.81. The van der Waals surface area contributed by atoms with Gasteiger partial charge in [-0.15, -0.1) is 11.3 Å². The number of aromatic nitrogens is 2. The van der Waals surface area contributed by atoms with Crippen molar-refractivity contribution in [2.24, 2.45) is 0 Å². The molecule has 0 aliphatic heterocycles. The number of halogens is 1. The molecule has 0 unspecified atom stereocenters. The molecule has 0 aliphatic rings. The van der Waals surface area contributed by atoms with E-state index in [4.69, 9.17) is 0 Å². The molecule has 0 fully saturated rings. The molecular formula is C11H14BrN3S. The molecule has 0 saturated carbocycles. The fraction of sp³-hybridized carbons (Fsp3) is 0.364. The smallest absolute Gasteiger partial charge is 0.0948 e. The summed E-state index contributed by atoms with van der Waals surface area (Å²) in [5.74, 6) is 0. The summed E-state index contributed by atoms with van der Waals surface area (Å²) in [6, 6.07) is 2.08. The second-order valence-electron chi connectivity index (χ2n) is 3.47. The zero-order chi connectivity index (χ0) is 11.4. The lowest BCUT2D eigenvalue weighted by atomic mass is 10.4. The maximum atomic E-state index is 4.14. The monoisotopic (exact) mass is 299 g/mol. The summed E-state index contributed by atoms with van der Waals surface area (Å²) >= 11 is 5.29. The molecule has 0 aromatic carbocycles. The number of thiophene rings is 1. The van der Waals surface area contributed by atoms with E-state index in [9.17, 15) is 0 Å². The third-order valence-corrected chi connectivity index (χ3v) is 4.35. The van der Waals surface area contributed by atoms with Gasteiger partial charge in [0.15, 0.2) is 0 Å². The predicted octanol–water partition coefficient (Wildman–Crippen LogP) is 3.02. The molecule has 5 heteroatoms. The highest BCUT2D eigenvalue weighted by atomic mass is 79.9. The lowest BCUT2D eigenvalue weighted by molar-refractivity contribution is 0.631. The molecule has 0 aliphatic carbocycles. The molecule has 1 N–H and O–H groups in total. The normalized spacial score (nSPS) is 10.9. The first-order valence-corrected chi connectivity index (χ1v) is 6.90. The van der Waals surface area contributed by atoms with E-state index in [2.05, 4.69) is 49.2 Å². The Morgan fingerprint density at radius 1 is 1.50 bits per heavy atom. The molecule has 2 aromatic heterocycles. The number of nitrogens with zero attached hydrogens (tertiary/aromatic N) is 2. The van der Waals surface area contributed by atoms with Gasteiger partial charge in [0, 0.05) is 35.2 Å². The molecule has 0 saturated heterocycles. The zero-order valence-corrected chi connectivity index (χ0v) is 11.5. The minimum absolute atomic E-state index is 0.859. The molecule has 0 amide bonds. The maximum Gasteiger partial charge on any atom is 0.0948 e. The Hall–Kier alpha value is -0.650. The molecule has 0 spiro atoms. The summed E-state index contributed by atoms with van der Waals surface area (Å²) in [4.78, 5) is 5.48. The van der Waals surface area contributed by atoms with Crippen LogP contribution in [-0.4, -0.2) is 9.55 Å². The molecule has 0 bridgehead atoms. The number of nitrogens with one attached hydrogen (secondary N) is 1. The van der Waals surface area contributed by atoms with Crippen molar-refractivity contribution in [3.63, 3.8) is 0 Å². The van der Waals surface area contributed by atoms with E-state index < -0.39 is 0 Å². The van der Waals surface area contributed by atoms with Gasteiger partial charge in [0.2, 0.25) is 0 Å². The van der Waals surface area contributed by atoms with E-state index >= 15 is 0 Å². The first kappa shape index (κ1) is 11.8. The lowest BCUT2D eigenvalue weighted by Crippen LogP contribution is -2.14. The summed E-state index contributed by atoms with van der Waals surface area (Å²) < 4.78 is 3.34. The number of hydrogen-bond donors (Lipinski definition) is 1. The van der Waals surface area contributed by atoms with Crippen molar-refractivity contribution in [3.05, 3.63) is 39.0 Å². The highest BCUT2D eigenvalue weighted by Gasteiger charge is 2.02. The van der Waals surface area contributed by atoms with Crippen LogP contribution in [0.4, 0.5) is 0 Å². The molecule has 3 nitrogen and oxygen atoms in total. The van der Waals surface area contributed by atoms with Crippen LogP contribution in [0, 0.1) is 0 Å². The summed E-state index contributed by atoms with van der Waals surface area (Å²) in [7, 11) is 0. The fourth-order valence-electron chi connectivity index (χ4n) is 1.54. The SMILES string of the molecule is CCn1cncc1CNCc1sccc1Br. The Balaban J connectivity index is 1.87.